The molecule has 0 radical (unpaired) electrons. The summed E-state index contributed by atoms with van der Waals surface area (Å²) >= 11 is 0. The van der Waals surface area contributed by atoms with E-state index in [0.29, 0.717) is 11.6 Å². The van der Waals surface area contributed by atoms with Crippen molar-refractivity contribution in [1.29, 1.82) is 0 Å². The van der Waals surface area contributed by atoms with Crippen molar-refractivity contribution in [3.05, 3.63) is 35.6 Å². The molecular weight excluding hydrogens is 267 g/mol. The lowest BCUT2D eigenvalue weighted by molar-refractivity contribution is 0.0712. The van der Waals surface area contributed by atoms with Gasteiger partial charge in [-0.15, -0.1) is 0 Å². The van der Waals surface area contributed by atoms with Crippen LogP contribution in [0.4, 0.5) is 4.39 Å². The minimum Gasteiger partial charge on any atom is -0.303 e. The Morgan fingerprint density at radius 1 is 1.33 bits per heavy atom. The zero-order valence-corrected chi connectivity index (χ0v) is 13.2. The van der Waals surface area contributed by atoms with Gasteiger partial charge in [0.05, 0.1) is 6.04 Å². The Hall–Kier alpha value is -1.26. The molecule has 1 unspecified atom stereocenters. The average Bonchev–Trinajstić information content (AvgIpc) is 2.53. The molecule has 1 aliphatic heterocycles. The largest absolute Gasteiger partial charge is 0.303 e. The van der Waals surface area contributed by atoms with E-state index in [2.05, 4.69) is 16.7 Å². The molecule has 0 aromatic heterocycles. The second kappa shape index (κ2) is 7.14. The van der Waals surface area contributed by atoms with Crippen LogP contribution < -0.4 is 0 Å². The third kappa shape index (κ3) is 3.89. The fraction of sp³-hybridized carbons (Fsp3) is 0.588. The molecule has 1 saturated heterocycles. The summed E-state index contributed by atoms with van der Waals surface area (Å²) in [7, 11) is 2.03. The molecule has 0 aliphatic carbocycles. The van der Waals surface area contributed by atoms with Gasteiger partial charge in [0, 0.05) is 11.6 Å². The van der Waals surface area contributed by atoms with Gasteiger partial charge in [-0.25, -0.2) is 4.39 Å². The second-order valence-corrected chi connectivity index (χ2v) is 5.88. The molecule has 0 N–H and O–H groups in total. The van der Waals surface area contributed by atoms with Crippen LogP contribution in [-0.2, 0) is 0 Å². The summed E-state index contributed by atoms with van der Waals surface area (Å²) in [5, 5.41) is 0. The maximum absolute atomic E-state index is 12.9. The number of likely N-dealkylation sites (tertiary alicyclic amines) is 1. The van der Waals surface area contributed by atoms with Crippen molar-refractivity contribution >= 4 is 5.78 Å². The monoisotopic (exact) mass is 292 g/mol. The summed E-state index contributed by atoms with van der Waals surface area (Å²) < 4.78 is 12.9. The summed E-state index contributed by atoms with van der Waals surface area (Å²) in [5.74, 6) is -0.241. The number of carbonyl (C=O) groups excluding carboxylic acids is 1. The van der Waals surface area contributed by atoms with Crippen LogP contribution in [0.1, 0.15) is 37.0 Å². The molecule has 3 nitrogen and oxygen atoms in total. The lowest BCUT2D eigenvalue weighted by Gasteiger charge is -2.38. The van der Waals surface area contributed by atoms with Crippen molar-refractivity contribution in [1.82, 2.24) is 9.80 Å². The Balaban J connectivity index is 1.97. The van der Waals surface area contributed by atoms with Gasteiger partial charge in [0.25, 0.3) is 0 Å². The molecule has 1 heterocycles. The van der Waals surface area contributed by atoms with E-state index in [1.807, 2.05) is 14.0 Å². The Bertz CT molecular complexity index is 466. The van der Waals surface area contributed by atoms with E-state index in [1.54, 1.807) is 12.1 Å². The van der Waals surface area contributed by atoms with Crippen molar-refractivity contribution in [2.24, 2.45) is 0 Å². The van der Waals surface area contributed by atoms with Crippen LogP contribution in [-0.4, -0.2) is 54.3 Å². The Morgan fingerprint density at radius 2 is 1.90 bits per heavy atom. The van der Waals surface area contributed by atoms with Crippen molar-refractivity contribution in [3.8, 4) is 0 Å². The van der Waals surface area contributed by atoms with Gasteiger partial charge in [-0.1, -0.05) is 6.92 Å². The number of carbonyl (C=O) groups is 1. The highest BCUT2D eigenvalue weighted by Crippen LogP contribution is 2.19. The predicted octanol–water partition coefficient (Wildman–Crippen LogP) is 2.81. The standard InChI is InChI=1S/C17H25FN2O/c1-4-20-11-9-16(10-12-20)19(3)13(2)17(21)14-5-7-15(18)8-6-14/h5-8,13,16H,4,9-12H2,1-3H3. The Kier molecular flexibility index (Phi) is 5.48. The quantitative estimate of drug-likeness (QED) is 0.780. The number of ketones is 1. The Morgan fingerprint density at radius 3 is 2.43 bits per heavy atom. The van der Waals surface area contributed by atoms with Gasteiger partial charge in [0.15, 0.2) is 5.78 Å². The van der Waals surface area contributed by atoms with Crippen LogP contribution in [0.2, 0.25) is 0 Å². The van der Waals surface area contributed by atoms with E-state index >= 15 is 0 Å². The highest BCUT2D eigenvalue weighted by atomic mass is 19.1. The van der Waals surface area contributed by atoms with Crippen molar-refractivity contribution < 1.29 is 9.18 Å². The first-order valence-electron chi connectivity index (χ1n) is 7.77. The van der Waals surface area contributed by atoms with Crippen molar-refractivity contribution in [3.63, 3.8) is 0 Å². The highest BCUT2D eigenvalue weighted by Gasteiger charge is 2.28. The summed E-state index contributed by atoms with van der Waals surface area (Å²) in [6, 6.07) is 6.11. The topological polar surface area (TPSA) is 23.6 Å². The normalized spacial score (nSPS) is 18.9. The number of likely N-dealkylation sites (N-methyl/N-ethyl adjacent to an activating group) is 1. The van der Waals surface area contributed by atoms with E-state index in [4.69, 9.17) is 0 Å². The Labute approximate surface area is 126 Å². The number of nitrogens with zero attached hydrogens (tertiary/aromatic N) is 2. The fourth-order valence-corrected chi connectivity index (χ4v) is 3.00. The van der Waals surface area contributed by atoms with E-state index in [-0.39, 0.29) is 17.6 Å². The first-order chi connectivity index (χ1) is 10.0. The number of rotatable bonds is 5. The molecule has 2 rings (SSSR count). The van der Waals surface area contributed by atoms with Gasteiger partial charge in [-0.2, -0.15) is 0 Å². The van der Waals surface area contributed by atoms with Crippen molar-refractivity contribution in [2.75, 3.05) is 26.7 Å². The summed E-state index contributed by atoms with van der Waals surface area (Å²) in [6.45, 7) is 7.43. The fourth-order valence-electron chi connectivity index (χ4n) is 3.00. The summed E-state index contributed by atoms with van der Waals surface area (Å²) in [5.41, 5.74) is 0.585. The molecule has 0 amide bonds. The molecule has 0 spiro atoms. The van der Waals surface area contributed by atoms with E-state index in [0.717, 1.165) is 32.5 Å². The van der Waals surface area contributed by atoms with E-state index in [9.17, 15) is 9.18 Å². The molecule has 0 saturated carbocycles. The molecule has 1 aromatic rings. The number of hydrogen-bond acceptors (Lipinski definition) is 3. The zero-order valence-electron chi connectivity index (χ0n) is 13.2. The van der Waals surface area contributed by atoms with Crippen LogP contribution in [0.3, 0.4) is 0 Å². The van der Waals surface area contributed by atoms with Crippen molar-refractivity contribution in [2.45, 2.75) is 38.8 Å². The summed E-state index contributed by atoms with van der Waals surface area (Å²) in [6.07, 6.45) is 2.21. The second-order valence-electron chi connectivity index (χ2n) is 5.88. The molecule has 1 aliphatic rings. The smallest absolute Gasteiger partial charge is 0.179 e. The molecule has 1 atom stereocenters. The number of benzene rings is 1. The lowest BCUT2D eigenvalue weighted by Crippen LogP contribution is -2.48. The summed E-state index contributed by atoms with van der Waals surface area (Å²) in [4.78, 5) is 17.1. The minimum atomic E-state index is -0.306. The van der Waals surface area contributed by atoms with Gasteiger partial charge < -0.3 is 4.90 Å². The van der Waals surface area contributed by atoms with E-state index in [1.165, 1.54) is 12.1 Å². The number of hydrogen-bond donors (Lipinski definition) is 0. The highest BCUT2D eigenvalue weighted by molar-refractivity contribution is 5.99. The van der Waals surface area contributed by atoms with E-state index < -0.39 is 0 Å². The first-order valence-corrected chi connectivity index (χ1v) is 7.77. The number of piperidine rings is 1. The van der Waals surface area contributed by atoms with Crippen LogP contribution in [0, 0.1) is 5.82 Å². The van der Waals surface area contributed by atoms with Gasteiger partial charge >= 0.3 is 0 Å². The van der Waals surface area contributed by atoms with Gasteiger partial charge in [-0.3, -0.25) is 9.69 Å². The van der Waals surface area contributed by atoms with Gasteiger partial charge in [-0.05, 0) is 70.7 Å². The zero-order chi connectivity index (χ0) is 15.4. The molecule has 1 fully saturated rings. The van der Waals surface area contributed by atoms with Crippen LogP contribution in [0.15, 0.2) is 24.3 Å². The van der Waals surface area contributed by atoms with Gasteiger partial charge in [0.2, 0.25) is 0 Å². The molecule has 1 aromatic carbocycles. The molecular formula is C17H25FN2O. The molecule has 21 heavy (non-hydrogen) atoms. The van der Waals surface area contributed by atoms with Crippen LogP contribution in [0.25, 0.3) is 0 Å². The maximum atomic E-state index is 12.9. The van der Waals surface area contributed by atoms with Crippen LogP contribution in [0.5, 0.6) is 0 Å². The minimum absolute atomic E-state index is 0.0652. The molecule has 0 bridgehead atoms. The number of Topliss-reactive ketones (excluding diaryl/α,β-unsaturated/α-hetero) is 1. The molecule has 4 heteroatoms. The third-order valence-electron chi connectivity index (χ3n) is 4.70. The SMILES string of the molecule is CCN1CCC(N(C)C(C)C(=O)c2ccc(F)cc2)CC1. The van der Waals surface area contributed by atoms with Gasteiger partial charge in [0.1, 0.15) is 5.82 Å². The first kappa shape index (κ1) is 16.1. The average molecular weight is 292 g/mol. The lowest BCUT2D eigenvalue weighted by atomic mass is 9.98. The predicted molar refractivity (Wildman–Crippen MR) is 83.1 cm³/mol. The third-order valence-corrected chi connectivity index (χ3v) is 4.70. The number of halogens is 1. The molecule has 116 valence electrons. The maximum Gasteiger partial charge on any atom is 0.179 e. The van der Waals surface area contributed by atoms with Crippen LogP contribution >= 0.6 is 0 Å².